The van der Waals surface area contributed by atoms with E-state index in [-0.39, 0.29) is 35.7 Å². The fraction of sp³-hybridized carbons (Fsp3) is 0.500. The van der Waals surface area contributed by atoms with Crippen molar-refractivity contribution in [2.45, 2.75) is 69.8 Å². The first-order chi connectivity index (χ1) is 19.1. The van der Waals surface area contributed by atoms with Crippen LogP contribution < -0.4 is 14.8 Å². The van der Waals surface area contributed by atoms with Crippen molar-refractivity contribution in [2.75, 3.05) is 18.6 Å². The van der Waals surface area contributed by atoms with Crippen molar-refractivity contribution in [1.82, 2.24) is 15.1 Å². The minimum Gasteiger partial charge on any atom is -0.384 e. The number of amides is 1. The summed E-state index contributed by atoms with van der Waals surface area (Å²) in [7, 11) is 3.56. The van der Waals surface area contributed by atoms with Gasteiger partial charge >= 0.3 is 6.18 Å². The molecule has 0 unspecified atom stereocenters. The molecule has 0 saturated heterocycles. The molecular formula is C30H35F3N5O2+. The highest BCUT2D eigenvalue weighted by Gasteiger charge is 2.43. The Kier molecular flexibility index (Phi) is 6.73. The van der Waals surface area contributed by atoms with E-state index in [1.165, 1.54) is 11.0 Å². The van der Waals surface area contributed by atoms with Crippen LogP contribution in [0, 0.1) is 5.92 Å². The summed E-state index contributed by atoms with van der Waals surface area (Å²) in [6, 6.07) is 8.58. The molecule has 1 N–H and O–H groups in total. The first-order valence-corrected chi connectivity index (χ1v) is 13.9. The Hall–Kier alpha value is -3.24. The zero-order valence-corrected chi connectivity index (χ0v) is 23.1. The number of ether oxygens (including phenoxy) is 1. The number of alkyl halides is 3. The summed E-state index contributed by atoms with van der Waals surface area (Å²) >= 11 is 0. The van der Waals surface area contributed by atoms with Crippen LogP contribution in [0.5, 0.6) is 0 Å². The molecule has 212 valence electrons. The first kappa shape index (κ1) is 27.0. The minimum atomic E-state index is -4.57. The highest BCUT2D eigenvalue weighted by molar-refractivity contribution is 6.11. The number of rotatable bonds is 8. The van der Waals surface area contributed by atoms with Gasteiger partial charge in [-0.3, -0.25) is 4.79 Å². The van der Waals surface area contributed by atoms with Gasteiger partial charge in [-0.1, -0.05) is 16.8 Å². The largest absolute Gasteiger partial charge is 0.416 e. The van der Waals surface area contributed by atoms with Crippen LogP contribution in [-0.2, 0) is 31.1 Å². The van der Waals surface area contributed by atoms with E-state index in [2.05, 4.69) is 17.3 Å². The van der Waals surface area contributed by atoms with Crippen LogP contribution in [0.2, 0.25) is 0 Å². The lowest BCUT2D eigenvalue weighted by molar-refractivity contribution is -0.672. The Morgan fingerprint density at radius 1 is 1.23 bits per heavy atom. The maximum absolute atomic E-state index is 14.3. The summed E-state index contributed by atoms with van der Waals surface area (Å²) in [6.07, 6.45) is 3.89. The molecule has 10 heteroatoms. The number of aromatic nitrogens is 3. The second-order valence-electron chi connectivity index (χ2n) is 11.9. The molecule has 1 amide bonds. The average molecular weight is 555 g/mol. The van der Waals surface area contributed by atoms with Gasteiger partial charge < -0.3 is 15.0 Å². The Bertz CT molecular complexity index is 1440. The number of anilines is 1. The van der Waals surface area contributed by atoms with Gasteiger partial charge in [-0.25, -0.2) is 4.57 Å². The Balaban J connectivity index is 1.39. The number of para-hydroxylation sites is 1. The van der Waals surface area contributed by atoms with Crippen molar-refractivity contribution in [3.05, 3.63) is 70.8 Å². The second kappa shape index (κ2) is 9.99. The molecule has 3 aromatic rings. The van der Waals surface area contributed by atoms with Crippen molar-refractivity contribution >= 4 is 11.6 Å². The monoisotopic (exact) mass is 554 g/mol. The summed E-state index contributed by atoms with van der Waals surface area (Å²) in [4.78, 5) is 15.4. The highest BCUT2D eigenvalue weighted by Crippen LogP contribution is 2.47. The SMILES string of the molecule is COCC1CC(c2cccc(N3Cc4c(cc(CNC5(C)CCC5)cc4C(F)(F)F)C3=O)c2-n2c[n+](C)cn2)C1. The standard InChI is InChI=1S/C30H35F3N5O2/c1-29(8-5-9-29)34-14-19-12-23-24(25(13-19)30(31,32)33)15-37(28(23)39)26-7-4-6-22(21-10-20(11-21)16-40-3)27(26)38-18-36(2)17-35-38/h4,6-7,12-13,17-18,20-21,34H,5,8-11,14-16H2,1-3H3/q+1. The molecule has 0 bridgehead atoms. The smallest absolute Gasteiger partial charge is 0.384 e. The number of carbonyl (C=O) groups excluding carboxylic acids is 1. The number of halogens is 3. The van der Waals surface area contributed by atoms with Crippen LogP contribution in [0.25, 0.3) is 5.69 Å². The molecule has 2 aliphatic carbocycles. The Labute approximate surface area is 231 Å². The third-order valence-electron chi connectivity index (χ3n) is 8.88. The zero-order valence-electron chi connectivity index (χ0n) is 23.1. The summed E-state index contributed by atoms with van der Waals surface area (Å²) in [5.41, 5.74) is 2.16. The van der Waals surface area contributed by atoms with Gasteiger partial charge in [0, 0.05) is 42.0 Å². The summed E-state index contributed by atoms with van der Waals surface area (Å²) in [5, 5.41) is 7.91. The molecule has 0 radical (unpaired) electrons. The normalized spacial score (nSPS) is 21.8. The van der Waals surface area contributed by atoms with E-state index in [9.17, 15) is 18.0 Å². The van der Waals surface area contributed by atoms with E-state index >= 15 is 0 Å². The maximum Gasteiger partial charge on any atom is 0.416 e. The quantitative estimate of drug-likeness (QED) is 0.396. The van der Waals surface area contributed by atoms with Crippen molar-refractivity contribution in [3.8, 4) is 5.69 Å². The number of nitrogens with zero attached hydrogens (tertiary/aromatic N) is 4. The molecule has 6 rings (SSSR count). The number of benzene rings is 2. The van der Waals surface area contributed by atoms with E-state index in [1.807, 2.05) is 31.6 Å². The Morgan fingerprint density at radius 2 is 2.00 bits per heavy atom. The molecule has 2 saturated carbocycles. The van der Waals surface area contributed by atoms with Crippen LogP contribution in [-0.4, -0.2) is 34.9 Å². The molecule has 2 aromatic carbocycles. The van der Waals surface area contributed by atoms with E-state index in [1.54, 1.807) is 28.8 Å². The second-order valence-corrected chi connectivity index (χ2v) is 11.9. The minimum absolute atomic E-state index is 0.0299. The summed E-state index contributed by atoms with van der Waals surface area (Å²) < 4.78 is 51.8. The fourth-order valence-electron chi connectivity index (χ4n) is 6.41. The number of carbonyl (C=O) groups is 1. The van der Waals surface area contributed by atoms with Crippen molar-refractivity contribution < 1.29 is 27.3 Å². The topological polar surface area (TPSA) is 63.3 Å². The van der Waals surface area contributed by atoms with Gasteiger partial charge in [0.05, 0.1) is 24.8 Å². The molecule has 0 spiro atoms. The van der Waals surface area contributed by atoms with E-state index in [0.717, 1.165) is 43.4 Å². The van der Waals surface area contributed by atoms with Gasteiger partial charge in [0.25, 0.3) is 12.2 Å². The molecule has 0 atom stereocenters. The van der Waals surface area contributed by atoms with Gasteiger partial charge in [0.2, 0.25) is 6.33 Å². The third-order valence-corrected chi connectivity index (χ3v) is 8.88. The molecule has 2 heterocycles. The van der Waals surface area contributed by atoms with Gasteiger partial charge in [0.1, 0.15) is 0 Å². The number of methoxy groups -OCH3 is 1. The van der Waals surface area contributed by atoms with E-state index < -0.39 is 17.6 Å². The Morgan fingerprint density at radius 3 is 2.62 bits per heavy atom. The predicted molar refractivity (Wildman–Crippen MR) is 143 cm³/mol. The number of aryl methyl sites for hydroxylation is 1. The number of fused-ring (bicyclic) bond motifs is 1. The maximum atomic E-state index is 14.3. The molecule has 7 nitrogen and oxygen atoms in total. The van der Waals surface area contributed by atoms with Gasteiger partial charge in [-0.05, 0) is 80.2 Å². The molecule has 1 aromatic heterocycles. The van der Waals surface area contributed by atoms with Crippen LogP contribution in [0.3, 0.4) is 0 Å². The van der Waals surface area contributed by atoms with Crippen LogP contribution >= 0.6 is 0 Å². The van der Waals surface area contributed by atoms with Crippen molar-refractivity contribution in [1.29, 1.82) is 0 Å². The third kappa shape index (κ3) is 4.81. The van der Waals surface area contributed by atoms with Crippen LogP contribution in [0.4, 0.5) is 18.9 Å². The molecule has 3 aliphatic rings. The first-order valence-electron chi connectivity index (χ1n) is 13.9. The van der Waals surface area contributed by atoms with E-state index in [4.69, 9.17) is 4.74 Å². The molecule has 40 heavy (non-hydrogen) atoms. The lowest BCUT2D eigenvalue weighted by atomic mass is 9.71. The van der Waals surface area contributed by atoms with Gasteiger partial charge in [-0.15, -0.1) is 0 Å². The molecular weight excluding hydrogens is 519 g/mol. The lowest BCUT2D eigenvalue weighted by Gasteiger charge is -2.39. The molecule has 1 aliphatic heterocycles. The van der Waals surface area contributed by atoms with Crippen molar-refractivity contribution in [3.63, 3.8) is 0 Å². The van der Waals surface area contributed by atoms with Crippen LogP contribution in [0.15, 0.2) is 43.0 Å². The zero-order chi connectivity index (χ0) is 28.2. The average Bonchev–Trinajstić information content (AvgIpc) is 3.45. The van der Waals surface area contributed by atoms with Crippen LogP contribution in [0.1, 0.15) is 77.6 Å². The molecule has 2 fully saturated rings. The highest BCUT2D eigenvalue weighted by atomic mass is 19.4. The van der Waals surface area contributed by atoms with Gasteiger partial charge in [0.15, 0.2) is 5.69 Å². The summed E-state index contributed by atoms with van der Waals surface area (Å²) in [5.74, 6) is 0.292. The van der Waals surface area contributed by atoms with Crippen molar-refractivity contribution in [2.24, 2.45) is 13.0 Å². The number of hydrogen-bond acceptors (Lipinski definition) is 4. The predicted octanol–water partition coefficient (Wildman–Crippen LogP) is 5.05. The fourth-order valence-corrected chi connectivity index (χ4v) is 6.41. The number of nitrogens with one attached hydrogen (secondary N) is 1. The van der Waals surface area contributed by atoms with E-state index in [0.29, 0.717) is 23.8 Å². The summed E-state index contributed by atoms with van der Waals surface area (Å²) in [6.45, 7) is 2.92. The van der Waals surface area contributed by atoms with Gasteiger partial charge in [-0.2, -0.15) is 13.2 Å². The number of hydrogen-bond donors (Lipinski definition) is 1. The lowest BCUT2D eigenvalue weighted by Crippen LogP contribution is -2.47.